The summed E-state index contributed by atoms with van der Waals surface area (Å²) in [5.41, 5.74) is 1.04. The molecule has 0 saturated heterocycles. The van der Waals surface area contributed by atoms with Crippen LogP contribution in [-0.2, 0) is 22.5 Å². The van der Waals surface area contributed by atoms with Gasteiger partial charge in [0.2, 0.25) is 0 Å². The monoisotopic (exact) mass is 562 g/mol. The molecule has 0 saturated carbocycles. The van der Waals surface area contributed by atoms with E-state index in [-0.39, 0.29) is 11.9 Å². The van der Waals surface area contributed by atoms with Gasteiger partial charge in [-0.2, -0.15) is 0 Å². The Morgan fingerprint density at radius 2 is 0.969 bits per heavy atom. The van der Waals surface area contributed by atoms with Gasteiger partial charge >= 0.3 is 54.0 Å². The summed E-state index contributed by atoms with van der Waals surface area (Å²) in [6.45, 7) is 2.24. The van der Waals surface area contributed by atoms with Crippen LogP contribution < -0.4 is 15.9 Å². The summed E-state index contributed by atoms with van der Waals surface area (Å²) in [7, 11) is 15.8. The number of benzene rings is 3. The van der Waals surface area contributed by atoms with Gasteiger partial charge < -0.3 is 9.47 Å². The van der Waals surface area contributed by atoms with E-state index in [2.05, 4.69) is 18.8 Å². The summed E-state index contributed by atoms with van der Waals surface area (Å²) in [6, 6.07) is 25.4. The zero-order chi connectivity index (χ0) is 23.7. The quantitative estimate of drug-likeness (QED) is 0.241. The molecule has 0 N–H and O–H groups in total. The molecular weight excluding hydrogens is 543 g/mol. The van der Waals surface area contributed by atoms with Crippen LogP contribution in [0, 0.1) is 0 Å². The van der Waals surface area contributed by atoms with Gasteiger partial charge in [0, 0.05) is 0 Å². The van der Waals surface area contributed by atoms with Gasteiger partial charge in [0.05, 0.1) is 32.0 Å². The topological polar surface area (TPSA) is 52.6 Å². The first kappa shape index (κ1) is 26.8. The Hall–Kier alpha value is -1.48. The van der Waals surface area contributed by atoms with Gasteiger partial charge in [-0.3, -0.25) is 0 Å². The number of ether oxygens (including phenoxy) is 2. The summed E-state index contributed by atoms with van der Waals surface area (Å²) in [5.74, 6) is -0.706. The fourth-order valence-corrected chi connectivity index (χ4v) is 6.35. The molecule has 3 rings (SSSR count). The first-order chi connectivity index (χ1) is 15.2. The van der Waals surface area contributed by atoms with Gasteiger partial charge in [-0.25, -0.2) is 9.59 Å². The number of hydrogen-bond acceptors (Lipinski definition) is 4. The molecule has 0 aromatic heterocycles. The number of carbonyl (C=O) groups excluding carboxylic acids is 2. The van der Waals surface area contributed by atoms with Crippen molar-refractivity contribution in [1.82, 2.24) is 0 Å². The molecule has 9 heteroatoms. The number of methoxy groups -OCH3 is 2. The summed E-state index contributed by atoms with van der Waals surface area (Å²) in [4.78, 5) is 23.6. The van der Waals surface area contributed by atoms with E-state index in [1.807, 2.05) is 42.5 Å². The zero-order valence-corrected chi connectivity index (χ0v) is 24.1. The normalized spacial score (nSPS) is 10.4. The summed E-state index contributed by atoms with van der Waals surface area (Å²) < 4.78 is 9.61. The fourth-order valence-electron chi connectivity index (χ4n) is 3.20. The Morgan fingerprint density at radius 3 is 1.28 bits per heavy atom. The maximum absolute atomic E-state index is 11.8. The van der Waals surface area contributed by atoms with Crippen molar-refractivity contribution >= 4 is 64.2 Å². The van der Waals surface area contributed by atoms with Gasteiger partial charge in [-0.15, -0.1) is 0 Å². The van der Waals surface area contributed by atoms with Crippen LogP contribution >= 0.6 is 36.3 Å². The number of halogens is 3. The molecule has 0 unspecified atom stereocenters. The number of carbonyl (C=O) groups is 2. The van der Waals surface area contributed by atoms with Crippen LogP contribution in [0.5, 0.6) is 0 Å². The summed E-state index contributed by atoms with van der Waals surface area (Å²) in [5, 5.41) is 3.49. The van der Waals surface area contributed by atoms with E-state index in [0.29, 0.717) is 11.1 Å². The van der Waals surface area contributed by atoms with Gasteiger partial charge in [-0.1, -0.05) is 18.2 Å². The second-order valence-corrected chi connectivity index (χ2v) is 24.2. The molecule has 0 fully saturated rings. The molecule has 0 spiro atoms. The van der Waals surface area contributed by atoms with Crippen LogP contribution in [0.3, 0.4) is 0 Å². The van der Waals surface area contributed by atoms with E-state index in [1.165, 1.54) is 19.5 Å². The summed E-state index contributed by atoms with van der Waals surface area (Å²) in [6.07, 6.45) is 0. The third kappa shape index (κ3) is 6.76. The van der Waals surface area contributed by atoms with E-state index in [0.717, 1.165) is 10.6 Å². The maximum atomic E-state index is 11.8. The van der Waals surface area contributed by atoms with Crippen molar-refractivity contribution in [3.8, 4) is 0 Å². The molecule has 0 aliphatic heterocycles. The molecule has 32 heavy (non-hydrogen) atoms. The Morgan fingerprint density at radius 1 is 0.656 bits per heavy atom. The first-order valence-corrected chi connectivity index (χ1v) is 23.5. The molecule has 3 aromatic rings. The molecule has 0 aliphatic rings. The Bertz CT molecular complexity index is 967. The number of esters is 2. The van der Waals surface area contributed by atoms with E-state index in [4.69, 9.17) is 38.5 Å². The third-order valence-corrected chi connectivity index (χ3v) is 8.88. The SMILES string of the molecule is COC(=O)c1ccc([P+](C)(c2ccccc2)c2ccc(C(=O)OC)cc2)cc1.[Cl][Zn-]([Cl])[Cl]. The van der Waals surface area contributed by atoms with Crippen molar-refractivity contribution in [3.05, 3.63) is 90.0 Å². The third-order valence-electron chi connectivity index (χ3n) is 4.88. The van der Waals surface area contributed by atoms with Crippen LogP contribution in [0.25, 0.3) is 0 Å². The number of rotatable bonds is 5. The summed E-state index contributed by atoms with van der Waals surface area (Å²) >= 11 is -2.21. The molecule has 0 atom stereocenters. The standard InChI is InChI=1S/C23H22O4P.3ClH.Zn/c1-26-22(24)17-9-13-20(14-10-17)28(3,19-7-5-4-6-8-19)21-15-11-18(12-16-21)23(25)27-2;;;;/h4-16H,1-3H3;3*1H;/q+1;;;;+2/p-3. The Balaban J connectivity index is 0.000000837. The van der Waals surface area contributed by atoms with Crippen molar-refractivity contribution in [2.45, 2.75) is 0 Å². The minimum atomic E-state index is -2.21. The van der Waals surface area contributed by atoms with Crippen molar-refractivity contribution in [2.75, 3.05) is 20.9 Å². The van der Waals surface area contributed by atoms with Gasteiger partial charge in [0.1, 0.15) is 23.2 Å². The van der Waals surface area contributed by atoms with Gasteiger partial charge in [0.15, 0.2) is 0 Å². The van der Waals surface area contributed by atoms with Crippen molar-refractivity contribution in [1.29, 1.82) is 0 Å². The van der Waals surface area contributed by atoms with E-state index in [9.17, 15) is 9.59 Å². The molecule has 0 radical (unpaired) electrons. The molecule has 3 aromatic carbocycles. The molecule has 0 aliphatic carbocycles. The van der Waals surface area contributed by atoms with Crippen LogP contribution in [0.2, 0.25) is 0 Å². The van der Waals surface area contributed by atoms with Crippen LogP contribution in [-0.4, -0.2) is 32.8 Å². The molecule has 166 valence electrons. The van der Waals surface area contributed by atoms with Crippen molar-refractivity contribution in [3.63, 3.8) is 0 Å². The van der Waals surface area contributed by atoms with Crippen LogP contribution in [0.1, 0.15) is 20.7 Å². The second kappa shape index (κ2) is 12.7. The second-order valence-electron chi connectivity index (χ2n) is 6.72. The molecule has 4 nitrogen and oxygen atoms in total. The van der Waals surface area contributed by atoms with Crippen LogP contribution in [0.15, 0.2) is 78.9 Å². The number of hydrogen-bond donors (Lipinski definition) is 0. The van der Waals surface area contributed by atoms with E-state index < -0.39 is 20.2 Å². The van der Waals surface area contributed by atoms with E-state index in [1.54, 1.807) is 24.3 Å². The molecular formula is C23H22Cl3O4PZn. The Labute approximate surface area is 206 Å². The Kier molecular flexibility index (Phi) is 10.6. The zero-order valence-electron chi connectivity index (χ0n) is 17.9. The predicted octanol–water partition coefficient (Wildman–Crippen LogP) is 5.25. The first-order valence-electron chi connectivity index (χ1n) is 9.61. The van der Waals surface area contributed by atoms with Gasteiger partial charge in [0.25, 0.3) is 0 Å². The van der Waals surface area contributed by atoms with Crippen LogP contribution in [0.4, 0.5) is 0 Å². The van der Waals surface area contributed by atoms with E-state index >= 15 is 0 Å². The average molecular weight is 565 g/mol. The fraction of sp³-hybridized carbons (Fsp3) is 0.130. The molecule has 0 amide bonds. The minimum absolute atomic E-state index is 0.353. The average Bonchev–Trinajstić information content (AvgIpc) is 2.83. The predicted molar refractivity (Wildman–Crippen MR) is 131 cm³/mol. The molecule has 0 heterocycles. The van der Waals surface area contributed by atoms with Crippen molar-refractivity contribution < 1.29 is 32.0 Å². The molecule has 0 bridgehead atoms. The van der Waals surface area contributed by atoms with Crippen molar-refractivity contribution in [2.24, 2.45) is 0 Å². The van der Waals surface area contributed by atoms with Gasteiger partial charge in [-0.05, 0) is 60.7 Å².